The topological polar surface area (TPSA) is 12.0 Å². The zero-order valence-corrected chi connectivity index (χ0v) is 13.2. The summed E-state index contributed by atoms with van der Waals surface area (Å²) in [5, 5.41) is 3.53. The normalized spacial score (nSPS) is 11.4. The first kappa shape index (κ1) is 14.6. The summed E-state index contributed by atoms with van der Waals surface area (Å²) in [4.78, 5) is 0. The maximum absolute atomic E-state index is 3.53. The van der Waals surface area contributed by atoms with E-state index in [-0.39, 0.29) is 5.41 Å². The van der Waals surface area contributed by atoms with E-state index in [0.29, 0.717) is 0 Å². The first-order valence-electron chi connectivity index (χ1n) is 7.27. The van der Waals surface area contributed by atoms with E-state index in [1.807, 2.05) is 0 Å². The van der Waals surface area contributed by atoms with E-state index >= 15 is 0 Å². The van der Waals surface area contributed by atoms with Gasteiger partial charge in [0.2, 0.25) is 0 Å². The molecular weight excluding hydrogens is 242 g/mol. The number of hydrogen-bond donors (Lipinski definition) is 1. The predicted molar refractivity (Wildman–Crippen MR) is 88.4 cm³/mol. The lowest BCUT2D eigenvalue weighted by Crippen LogP contribution is -2.11. The summed E-state index contributed by atoms with van der Waals surface area (Å²) < 4.78 is 0. The Bertz CT molecular complexity index is 574. The van der Waals surface area contributed by atoms with Crippen LogP contribution in [0.3, 0.4) is 0 Å². The molecule has 20 heavy (non-hydrogen) atoms. The van der Waals surface area contributed by atoms with E-state index in [9.17, 15) is 0 Å². The van der Waals surface area contributed by atoms with Gasteiger partial charge in [0.25, 0.3) is 0 Å². The highest BCUT2D eigenvalue weighted by molar-refractivity contribution is 5.52. The maximum Gasteiger partial charge on any atom is 0.0400 e. The molecule has 0 atom stereocenters. The number of nitrogens with one attached hydrogen (secondary N) is 1. The van der Waals surface area contributed by atoms with E-state index in [4.69, 9.17) is 0 Å². The molecule has 0 unspecified atom stereocenters. The number of aryl methyl sites for hydroxylation is 2. The van der Waals surface area contributed by atoms with Crippen molar-refractivity contribution in [3.05, 3.63) is 64.7 Å². The van der Waals surface area contributed by atoms with Crippen LogP contribution in [0.25, 0.3) is 0 Å². The molecule has 0 radical (unpaired) electrons. The number of hydrogen-bond acceptors (Lipinski definition) is 1. The summed E-state index contributed by atoms with van der Waals surface area (Å²) in [7, 11) is 0. The second-order valence-corrected chi connectivity index (χ2v) is 6.62. The first-order chi connectivity index (χ1) is 9.36. The molecule has 0 aliphatic carbocycles. The Hall–Kier alpha value is -1.76. The van der Waals surface area contributed by atoms with Crippen LogP contribution in [0.2, 0.25) is 0 Å². The lowest BCUT2D eigenvalue weighted by Gasteiger charge is -2.19. The van der Waals surface area contributed by atoms with Crippen LogP contribution in [0.15, 0.2) is 42.5 Å². The maximum atomic E-state index is 3.53. The second kappa shape index (κ2) is 5.70. The minimum Gasteiger partial charge on any atom is -0.381 e. The van der Waals surface area contributed by atoms with Crippen molar-refractivity contribution >= 4 is 5.69 Å². The molecule has 2 aromatic rings. The third-order valence-electron chi connectivity index (χ3n) is 3.70. The van der Waals surface area contributed by atoms with Gasteiger partial charge in [-0.25, -0.2) is 0 Å². The molecule has 106 valence electrons. The highest BCUT2D eigenvalue weighted by Gasteiger charge is 2.12. The summed E-state index contributed by atoms with van der Waals surface area (Å²) in [5.74, 6) is 0. The molecule has 0 fully saturated rings. The molecular formula is C19H25N. The van der Waals surface area contributed by atoms with Gasteiger partial charge in [0, 0.05) is 12.2 Å². The Morgan fingerprint density at radius 1 is 0.900 bits per heavy atom. The summed E-state index contributed by atoms with van der Waals surface area (Å²) in [6, 6.07) is 15.4. The molecule has 2 aromatic carbocycles. The van der Waals surface area contributed by atoms with Crippen LogP contribution in [0, 0.1) is 13.8 Å². The molecule has 0 aliphatic heterocycles. The van der Waals surface area contributed by atoms with Gasteiger partial charge in [-0.05, 0) is 47.6 Å². The summed E-state index contributed by atoms with van der Waals surface area (Å²) in [5.41, 5.74) is 6.74. The fourth-order valence-electron chi connectivity index (χ4n) is 2.25. The fraction of sp³-hybridized carbons (Fsp3) is 0.368. The van der Waals surface area contributed by atoms with Crippen molar-refractivity contribution in [2.45, 2.75) is 46.6 Å². The van der Waals surface area contributed by atoms with Crippen LogP contribution >= 0.6 is 0 Å². The largest absolute Gasteiger partial charge is 0.381 e. The molecule has 1 N–H and O–H groups in total. The van der Waals surface area contributed by atoms with E-state index in [0.717, 1.165) is 6.54 Å². The summed E-state index contributed by atoms with van der Waals surface area (Å²) >= 11 is 0. The lowest BCUT2D eigenvalue weighted by molar-refractivity contribution is 0.590. The van der Waals surface area contributed by atoms with Crippen molar-refractivity contribution in [2.75, 3.05) is 5.32 Å². The molecule has 2 rings (SSSR count). The minimum atomic E-state index is 0.221. The number of rotatable bonds is 3. The van der Waals surface area contributed by atoms with Gasteiger partial charge in [-0.1, -0.05) is 57.2 Å². The van der Waals surface area contributed by atoms with Crippen molar-refractivity contribution in [3.63, 3.8) is 0 Å². The van der Waals surface area contributed by atoms with Gasteiger partial charge < -0.3 is 5.32 Å². The van der Waals surface area contributed by atoms with Gasteiger partial charge in [-0.2, -0.15) is 0 Å². The smallest absolute Gasteiger partial charge is 0.0400 e. The molecule has 0 spiro atoms. The van der Waals surface area contributed by atoms with Gasteiger partial charge in [-0.3, -0.25) is 0 Å². The highest BCUT2D eigenvalue weighted by Crippen LogP contribution is 2.23. The third-order valence-corrected chi connectivity index (χ3v) is 3.70. The Kier molecular flexibility index (Phi) is 4.17. The minimum absolute atomic E-state index is 0.221. The van der Waals surface area contributed by atoms with Crippen LogP contribution in [0.4, 0.5) is 5.69 Å². The molecule has 0 aliphatic rings. The van der Waals surface area contributed by atoms with Crippen molar-refractivity contribution in [2.24, 2.45) is 0 Å². The summed E-state index contributed by atoms with van der Waals surface area (Å²) in [6.07, 6.45) is 0. The average molecular weight is 267 g/mol. The number of benzene rings is 2. The molecule has 0 bridgehead atoms. The first-order valence-corrected chi connectivity index (χ1v) is 7.27. The van der Waals surface area contributed by atoms with Crippen molar-refractivity contribution in [1.29, 1.82) is 0 Å². The Labute approximate surface area is 123 Å². The van der Waals surface area contributed by atoms with E-state index in [2.05, 4.69) is 82.4 Å². The SMILES string of the molecule is Cc1ccc(C)c(NCc2ccc(C(C)(C)C)cc2)c1. The molecule has 1 heteroatoms. The molecule has 0 saturated heterocycles. The van der Waals surface area contributed by atoms with Crippen LogP contribution in [0.5, 0.6) is 0 Å². The van der Waals surface area contributed by atoms with E-state index in [1.165, 1.54) is 27.9 Å². The van der Waals surface area contributed by atoms with Gasteiger partial charge in [0.15, 0.2) is 0 Å². The average Bonchev–Trinajstić information content (AvgIpc) is 2.39. The predicted octanol–water partition coefficient (Wildman–Crippen LogP) is 5.21. The molecule has 0 saturated carbocycles. The second-order valence-electron chi connectivity index (χ2n) is 6.62. The standard InChI is InChI=1S/C19H25N/c1-14-6-7-15(2)18(12-14)20-13-16-8-10-17(11-9-16)19(3,4)5/h6-12,20H,13H2,1-5H3. The Balaban J connectivity index is 2.06. The lowest BCUT2D eigenvalue weighted by atomic mass is 9.87. The van der Waals surface area contributed by atoms with Gasteiger partial charge >= 0.3 is 0 Å². The van der Waals surface area contributed by atoms with Gasteiger partial charge in [0.05, 0.1) is 0 Å². The molecule has 0 aromatic heterocycles. The van der Waals surface area contributed by atoms with Crippen LogP contribution < -0.4 is 5.32 Å². The zero-order valence-electron chi connectivity index (χ0n) is 13.2. The monoisotopic (exact) mass is 267 g/mol. The highest BCUT2D eigenvalue weighted by atomic mass is 14.9. The summed E-state index contributed by atoms with van der Waals surface area (Å²) in [6.45, 7) is 11.9. The molecule has 0 heterocycles. The Morgan fingerprint density at radius 3 is 2.15 bits per heavy atom. The van der Waals surface area contributed by atoms with Crippen LogP contribution in [-0.2, 0) is 12.0 Å². The Morgan fingerprint density at radius 2 is 1.55 bits per heavy atom. The molecule has 0 amide bonds. The molecule has 1 nitrogen and oxygen atoms in total. The van der Waals surface area contributed by atoms with Crippen molar-refractivity contribution < 1.29 is 0 Å². The quantitative estimate of drug-likeness (QED) is 0.804. The van der Waals surface area contributed by atoms with Crippen LogP contribution in [-0.4, -0.2) is 0 Å². The van der Waals surface area contributed by atoms with Crippen molar-refractivity contribution in [1.82, 2.24) is 0 Å². The van der Waals surface area contributed by atoms with Crippen LogP contribution in [0.1, 0.15) is 43.0 Å². The van der Waals surface area contributed by atoms with E-state index in [1.54, 1.807) is 0 Å². The fourth-order valence-corrected chi connectivity index (χ4v) is 2.25. The van der Waals surface area contributed by atoms with Gasteiger partial charge in [0.1, 0.15) is 0 Å². The van der Waals surface area contributed by atoms with Gasteiger partial charge in [-0.15, -0.1) is 0 Å². The van der Waals surface area contributed by atoms with E-state index < -0.39 is 0 Å². The number of anilines is 1. The van der Waals surface area contributed by atoms with Crippen molar-refractivity contribution in [3.8, 4) is 0 Å². The third kappa shape index (κ3) is 3.63. The zero-order chi connectivity index (χ0) is 14.8.